The lowest BCUT2D eigenvalue weighted by Crippen LogP contribution is -2.39. The van der Waals surface area contributed by atoms with Crippen molar-refractivity contribution in [2.45, 2.75) is 20.8 Å². The van der Waals surface area contributed by atoms with Crippen LogP contribution in [0, 0.1) is 20.8 Å². The van der Waals surface area contributed by atoms with E-state index in [1.165, 1.54) is 7.05 Å². The summed E-state index contributed by atoms with van der Waals surface area (Å²) < 4.78 is 25.3. The molecule has 0 bridgehead atoms. The fourth-order valence-electron chi connectivity index (χ4n) is 2.38. The van der Waals surface area contributed by atoms with E-state index in [0.717, 1.165) is 21.9 Å². The molecule has 2 N–H and O–H groups in total. The number of carbonyl (C=O) groups excluding carboxylic acids is 1. The van der Waals surface area contributed by atoms with Crippen LogP contribution in [0.5, 0.6) is 0 Å². The molecular weight excluding hydrogens is 370 g/mol. The van der Waals surface area contributed by atoms with E-state index in [2.05, 4.69) is 25.7 Å². The highest BCUT2D eigenvalue weighted by molar-refractivity contribution is 7.88. The molecule has 2 heterocycles. The van der Waals surface area contributed by atoms with Gasteiger partial charge in [-0.25, -0.2) is 23.1 Å². The van der Waals surface area contributed by atoms with Gasteiger partial charge in [0.1, 0.15) is 11.6 Å². The van der Waals surface area contributed by atoms with Crippen molar-refractivity contribution < 1.29 is 13.2 Å². The molecule has 0 aliphatic rings. The van der Waals surface area contributed by atoms with Crippen molar-refractivity contribution in [2.75, 3.05) is 38.3 Å². The van der Waals surface area contributed by atoms with Crippen LogP contribution in [-0.2, 0) is 14.8 Å². The van der Waals surface area contributed by atoms with Crippen molar-refractivity contribution in [1.82, 2.24) is 29.4 Å². The van der Waals surface area contributed by atoms with Gasteiger partial charge >= 0.3 is 0 Å². The summed E-state index contributed by atoms with van der Waals surface area (Å²) in [5.41, 5.74) is 1.87. The molecule has 0 aliphatic carbocycles. The second kappa shape index (κ2) is 8.44. The van der Waals surface area contributed by atoms with Crippen LogP contribution in [0.15, 0.2) is 12.1 Å². The Kier molecular flexibility index (Phi) is 6.50. The molecule has 0 aromatic carbocycles. The summed E-state index contributed by atoms with van der Waals surface area (Å²) in [7, 11) is -2.02. The summed E-state index contributed by atoms with van der Waals surface area (Å²) in [4.78, 5) is 20.5. The van der Waals surface area contributed by atoms with Gasteiger partial charge in [-0.15, -0.1) is 0 Å². The Morgan fingerprint density at radius 3 is 2.48 bits per heavy atom. The molecule has 0 spiro atoms. The molecule has 2 aromatic rings. The van der Waals surface area contributed by atoms with Crippen molar-refractivity contribution in [3.8, 4) is 5.82 Å². The van der Waals surface area contributed by atoms with Crippen LogP contribution in [0.4, 0.5) is 5.82 Å². The van der Waals surface area contributed by atoms with Crippen LogP contribution < -0.4 is 10.6 Å². The number of sulfonamides is 1. The van der Waals surface area contributed by atoms with Crippen LogP contribution in [-0.4, -0.2) is 71.3 Å². The Balaban J connectivity index is 1.91. The Morgan fingerprint density at radius 2 is 1.89 bits per heavy atom. The SMILES string of the molecule is Cc1cc(C)n(-c2cc(NCCNC(=O)CN(C)S(C)(=O)=O)nc(C)n2)n1. The Labute approximate surface area is 159 Å². The first-order valence-electron chi connectivity index (χ1n) is 8.37. The smallest absolute Gasteiger partial charge is 0.235 e. The number of carbonyl (C=O) groups is 1. The Bertz CT molecular complexity index is 924. The molecule has 10 nitrogen and oxygen atoms in total. The summed E-state index contributed by atoms with van der Waals surface area (Å²) in [5, 5.41) is 10.2. The van der Waals surface area contributed by atoms with Gasteiger partial charge in [0.25, 0.3) is 0 Å². The third kappa shape index (κ3) is 6.00. The monoisotopic (exact) mass is 395 g/mol. The van der Waals surface area contributed by atoms with Crippen molar-refractivity contribution in [3.05, 3.63) is 29.3 Å². The van der Waals surface area contributed by atoms with Gasteiger partial charge in [0.2, 0.25) is 15.9 Å². The van der Waals surface area contributed by atoms with E-state index >= 15 is 0 Å². The molecule has 0 saturated carbocycles. The van der Waals surface area contributed by atoms with Gasteiger partial charge in [-0.05, 0) is 26.8 Å². The quantitative estimate of drug-likeness (QED) is 0.604. The largest absolute Gasteiger partial charge is 0.368 e. The van der Waals surface area contributed by atoms with E-state index in [4.69, 9.17) is 0 Å². The molecule has 0 unspecified atom stereocenters. The first kappa shape index (κ1) is 20.8. The number of nitrogens with zero attached hydrogens (tertiary/aromatic N) is 5. The number of rotatable bonds is 8. The minimum atomic E-state index is -3.38. The topological polar surface area (TPSA) is 122 Å². The van der Waals surface area contributed by atoms with Crippen LogP contribution in [0.1, 0.15) is 17.2 Å². The fourth-order valence-corrected chi connectivity index (χ4v) is 2.73. The Morgan fingerprint density at radius 1 is 1.19 bits per heavy atom. The van der Waals surface area contributed by atoms with E-state index in [0.29, 0.717) is 30.5 Å². The first-order valence-corrected chi connectivity index (χ1v) is 10.2. The summed E-state index contributed by atoms with van der Waals surface area (Å²) in [6.45, 7) is 6.21. The highest BCUT2D eigenvalue weighted by atomic mass is 32.2. The minimum absolute atomic E-state index is 0.215. The third-order valence-corrected chi connectivity index (χ3v) is 5.00. The number of hydrogen-bond acceptors (Lipinski definition) is 7. The molecule has 0 atom stereocenters. The summed E-state index contributed by atoms with van der Waals surface area (Å²) >= 11 is 0. The van der Waals surface area contributed by atoms with Crippen molar-refractivity contribution in [2.24, 2.45) is 0 Å². The standard InChI is InChI=1S/C16H25N7O3S/c1-11-8-12(2)23(21-11)15-9-14(19-13(3)20-15)17-6-7-18-16(24)10-22(4)27(5,25)26/h8-9H,6-7,10H2,1-5H3,(H,18,24)(H,17,19,20). The van der Waals surface area contributed by atoms with E-state index in [-0.39, 0.29) is 12.5 Å². The summed E-state index contributed by atoms with van der Waals surface area (Å²) in [6, 6.07) is 3.75. The number of hydrogen-bond donors (Lipinski definition) is 2. The zero-order valence-electron chi connectivity index (χ0n) is 16.1. The molecule has 27 heavy (non-hydrogen) atoms. The maximum absolute atomic E-state index is 11.8. The molecule has 0 fully saturated rings. The fraction of sp³-hybridized carbons (Fsp3) is 0.500. The lowest BCUT2D eigenvalue weighted by atomic mass is 10.4. The normalized spacial score (nSPS) is 11.6. The van der Waals surface area contributed by atoms with E-state index in [9.17, 15) is 13.2 Å². The van der Waals surface area contributed by atoms with Gasteiger partial charge in [0.15, 0.2) is 5.82 Å². The number of aromatic nitrogens is 4. The van der Waals surface area contributed by atoms with Gasteiger partial charge in [-0.3, -0.25) is 4.79 Å². The lowest BCUT2D eigenvalue weighted by molar-refractivity contribution is -0.121. The third-order valence-electron chi connectivity index (χ3n) is 3.74. The first-order chi connectivity index (χ1) is 12.6. The maximum Gasteiger partial charge on any atom is 0.235 e. The van der Waals surface area contributed by atoms with Gasteiger partial charge < -0.3 is 10.6 Å². The molecule has 1 amide bonds. The molecule has 11 heteroatoms. The lowest BCUT2D eigenvalue weighted by Gasteiger charge is -2.14. The second-order valence-corrected chi connectivity index (χ2v) is 8.38. The molecule has 148 valence electrons. The van der Waals surface area contributed by atoms with Crippen molar-refractivity contribution >= 4 is 21.7 Å². The molecule has 0 radical (unpaired) electrons. The molecule has 0 saturated heterocycles. The predicted octanol–water partition coefficient (Wildman–Crippen LogP) is 0.00706. The van der Waals surface area contributed by atoms with E-state index < -0.39 is 10.0 Å². The zero-order valence-corrected chi connectivity index (χ0v) is 17.0. The van der Waals surface area contributed by atoms with Crippen LogP contribution in [0.25, 0.3) is 5.82 Å². The van der Waals surface area contributed by atoms with Gasteiger partial charge in [-0.1, -0.05) is 0 Å². The van der Waals surface area contributed by atoms with Gasteiger partial charge in [0, 0.05) is 31.9 Å². The van der Waals surface area contributed by atoms with Crippen LogP contribution in [0.2, 0.25) is 0 Å². The molecule has 2 aromatic heterocycles. The number of amides is 1. The van der Waals surface area contributed by atoms with Crippen molar-refractivity contribution in [3.63, 3.8) is 0 Å². The number of aryl methyl sites for hydroxylation is 3. The highest BCUT2D eigenvalue weighted by Crippen LogP contribution is 2.13. The number of likely N-dealkylation sites (N-methyl/N-ethyl adjacent to an activating group) is 1. The van der Waals surface area contributed by atoms with Gasteiger partial charge in [0.05, 0.1) is 18.5 Å². The maximum atomic E-state index is 11.8. The van der Waals surface area contributed by atoms with Crippen LogP contribution >= 0.6 is 0 Å². The van der Waals surface area contributed by atoms with E-state index in [1.54, 1.807) is 17.7 Å². The molecular formula is C16H25N7O3S. The van der Waals surface area contributed by atoms with E-state index in [1.807, 2.05) is 19.9 Å². The second-order valence-electron chi connectivity index (χ2n) is 6.29. The summed E-state index contributed by atoms with van der Waals surface area (Å²) in [5.74, 6) is 1.51. The minimum Gasteiger partial charge on any atom is -0.368 e. The molecule has 0 aliphatic heterocycles. The average molecular weight is 395 g/mol. The van der Waals surface area contributed by atoms with Crippen molar-refractivity contribution in [1.29, 1.82) is 0 Å². The predicted molar refractivity (Wildman–Crippen MR) is 102 cm³/mol. The van der Waals surface area contributed by atoms with Gasteiger partial charge in [-0.2, -0.15) is 9.40 Å². The number of anilines is 1. The van der Waals surface area contributed by atoms with Crippen LogP contribution in [0.3, 0.4) is 0 Å². The molecule has 2 rings (SSSR count). The zero-order chi connectivity index (χ0) is 20.2. The average Bonchev–Trinajstić information content (AvgIpc) is 2.88. The number of nitrogens with one attached hydrogen (secondary N) is 2. The highest BCUT2D eigenvalue weighted by Gasteiger charge is 2.14. The Hall–Kier alpha value is -2.53. The summed E-state index contributed by atoms with van der Waals surface area (Å²) in [6.07, 6.45) is 1.06.